The topological polar surface area (TPSA) is 17.8 Å². The zero-order chi connectivity index (χ0) is 13.4. The predicted molar refractivity (Wildman–Crippen MR) is 80.8 cm³/mol. The van der Waals surface area contributed by atoms with Gasteiger partial charge in [0.05, 0.1) is 11.0 Å². The minimum atomic E-state index is 0.639. The van der Waals surface area contributed by atoms with Crippen LogP contribution in [-0.2, 0) is 13.0 Å². The lowest BCUT2D eigenvalue weighted by Crippen LogP contribution is -2.12. The standard InChI is InChI=1S/C16H21ClN2/c1-11-4-3-5-14-16(11)18-15(8-9-17)19(14)10-12(2)13-6-7-13/h3-5,12-13H,6-10H2,1-2H3. The van der Waals surface area contributed by atoms with Crippen molar-refractivity contribution in [1.29, 1.82) is 0 Å². The largest absolute Gasteiger partial charge is 0.328 e. The van der Waals surface area contributed by atoms with Crippen molar-refractivity contribution >= 4 is 22.6 Å². The van der Waals surface area contributed by atoms with Crippen LogP contribution in [-0.4, -0.2) is 15.4 Å². The summed E-state index contributed by atoms with van der Waals surface area (Å²) in [5, 5.41) is 0. The third kappa shape index (κ3) is 2.51. The Labute approximate surface area is 119 Å². The molecule has 1 aromatic carbocycles. The first-order chi connectivity index (χ1) is 9.20. The van der Waals surface area contributed by atoms with Crippen molar-refractivity contribution in [3.05, 3.63) is 29.6 Å². The Morgan fingerprint density at radius 3 is 2.89 bits per heavy atom. The van der Waals surface area contributed by atoms with Gasteiger partial charge in [0, 0.05) is 18.8 Å². The Balaban J connectivity index is 2.02. The molecule has 1 aliphatic carbocycles. The van der Waals surface area contributed by atoms with Gasteiger partial charge in [0.1, 0.15) is 5.82 Å². The number of imidazole rings is 1. The number of para-hydroxylation sites is 1. The third-order valence-corrected chi connectivity index (χ3v) is 4.46. The summed E-state index contributed by atoms with van der Waals surface area (Å²) in [6.45, 7) is 5.58. The first kappa shape index (κ1) is 13.0. The highest BCUT2D eigenvalue weighted by Gasteiger charge is 2.28. The van der Waals surface area contributed by atoms with Crippen LogP contribution in [0, 0.1) is 18.8 Å². The van der Waals surface area contributed by atoms with Gasteiger partial charge in [-0.3, -0.25) is 0 Å². The SMILES string of the molecule is Cc1cccc2c1nc(CCCl)n2CC(C)C1CC1. The summed E-state index contributed by atoms with van der Waals surface area (Å²) in [6.07, 6.45) is 3.66. The maximum Gasteiger partial charge on any atom is 0.111 e. The molecule has 0 amide bonds. The number of aryl methyl sites for hydroxylation is 2. The number of benzene rings is 1. The molecule has 1 aliphatic rings. The monoisotopic (exact) mass is 276 g/mol. The van der Waals surface area contributed by atoms with Crippen LogP contribution in [0.15, 0.2) is 18.2 Å². The molecular formula is C16H21ClN2. The van der Waals surface area contributed by atoms with Crippen molar-refractivity contribution in [3.8, 4) is 0 Å². The molecule has 0 N–H and O–H groups in total. The van der Waals surface area contributed by atoms with Crippen molar-refractivity contribution < 1.29 is 0 Å². The highest BCUT2D eigenvalue weighted by Crippen LogP contribution is 2.38. The lowest BCUT2D eigenvalue weighted by atomic mass is 10.1. The summed E-state index contributed by atoms with van der Waals surface area (Å²) in [7, 11) is 0. The van der Waals surface area contributed by atoms with E-state index in [1.165, 1.54) is 23.9 Å². The Bertz CT molecular complexity index is 584. The molecule has 3 heteroatoms. The average molecular weight is 277 g/mol. The lowest BCUT2D eigenvalue weighted by Gasteiger charge is -2.14. The summed E-state index contributed by atoms with van der Waals surface area (Å²) >= 11 is 5.93. The van der Waals surface area contributed by atoms with Crippen molar-refractivity contribution in [3.63, 3.8) is 0 Å². The summed E-state index contributed by atoms with van der Waals surface area (Å²) in [4.78, 5) is 4.81. The number of rotatable bonds is 5. The number of alkyl halides is 1. The number of aromatic nitrogens is 2. The highest BCUT2D eigenvalue weighted by atomic mass is 35.5. The second kappa shape index (κ2) is 5.16. The van der Waals surface area contributed by atoms with Gasteiger partial charge in [-0.15, -0.1) is 11.6 Å². The molecule has 0 bridgehead atoms. The fourth-order valence-corrected chi connectivity index (χ4v) is 3.09. The van der Waals surface area contributed by atoms with Gasteiger partial charge < -0.3 is 4.57 Å². The maximum atomic E-state index is 5.93. The molecule has 0 radical (unpaired) electrons. The Hall–Kier alpha value is -1.02. The molecule has 3 rings (SSSR count). The zero-order valence-electron chi connectivity index (χ0n) is 11.7. The first-order valence-electron chi connectivity index (χ1n) is 7.21. The summed E-state index contributed by atoms with van der Waals surface area (Å²) < 4.78 is 2.40. The fraction of sp³-hybridized carbons (Fsp3) is 0.562. The van der Waals surface area contributed by atoms with Crippen molar-refractivity contribution in [2.45, 2.75) is 39.7 Å². The van der Waals surface area contributed by atoms with E-state index in [2.05, 4.69) is 36.6 Å². The molecule has 102 valence electrons. The second-order valence-corrected chi connectivity index (χ2v) is 6.21. The molecule has 19 heavy (non-hydrogen) atoms. The van der Waals surface area contributed by atoms with E-state index in [9.17, 15) is 0 Å². The molecule has 1 unspecified atom stereocenters. The number of hydrogen-bond donors (Lipinski definition) is 0. The van der Waals surface area contributed by atoms with Crippen LogP contribution >= 0.6 is 11.6 Å². The smallest absolute Gasteiger partial charge is 0.111 e. The molecule has 1 heterocycles. The van der Waals surface area contributed by atoms with E-state index in [4.69, 9.17) is 16.6 Å². The molecule has 1 atom stereocenters. The van der Waals surface area contributed by atoms with Crippen molar-refractivity contribution in [1.82, 2.24) is 9.55 Å². The molecule has 0 aliphatic heterocycles. The molecule has 1 fully saturated rings. The summed E-state index contributed by atoms with van der Waals surface area (Å²) in [5.74, 6) is 3.45. The minimum Gasteiger partial charge on any atom is -0.328 e. The van der Waals surface area contributed by atoms with Gasteiger partial charge in [-0.25, -0.2) is 4.98 Å². The normalized spacial score (nSPS) is 17.0. The van der Waals surface area contributed by atoms with Gasteiger partial charge >= 0.3 is 0 Å². The first-order valence-corrected chi connectivity index (χ1v) is 7.75. The maximum absolute atomic E-state index is 5.93. The zero-order valence-corrected chi connectivity index (χ0v) is 12.5. The van der Waals surface area contributed by atoms with Crippen LogP contribution in [0.1, 0.15) is 31.2 Å². The van der Waals surface area contributed by atoms with Crippen molar-refractivity contribution in [2.24, 2.45) is 11.8 Å². The van der Waals surface area contributed by atoms with E-state index in [0.717, 1.165) is 36.1 Å². The molecule has 1 aromatic heterocycles. The second-order valence-electron chi connectivity index (χ2n) is 5.83. The van der Waals surface area contributed by atoms with Gasteiger partial charge in [0.15, 0.2) is 0 Å². The van der Waals surface area contributed by atoms with E-state index in [0.29, 0.717) is 5.88 Å². The minimum absolute atomic E-state index is 0.639. The van der Waals surface area contributed by atoms with Crippen LogP contribution in [0.4, 0.5) is 0 Å². The fourth-order valence-electron chi connectivity index (χ4n) is 2.92. The number of halogens is 1. The third-order valence-electron chi connectivity index (χ3n) is 4.28. The van der Waals surface area contributed by atoms with E-state index >= 15 is 0 Å². The summed E-state index contributed by atoms with van der Waals surface area (Å²) in [6, 6.07) is 6.45. The van der Waals surface area contributed by atoms with Crippen molar-refractivity contribution in [2.75, 3.05) is 5.88 Å². The Morgan fingerprint density at radius 2 is 2.21 bits per heavy atom. The van der Waals surface area contributed by atoms with Crippen LogP contribution in [0.5, 0.6) is 0 Å². The molecule has 0 saturated heterocycles. The van der Waals surface area contributed by atoms with Crippen LogP contribution in [0.2, 0.25) is 0 Å². The molecule has 2 aromatic rings. The van der Waals surface area contributed by atoms with E-state index in [1.54, 1.807) is 0 Å². The molecular weight excluding hydrogens is 256 g/mol. The van der Waals surface area contributed by atoms with E-state index in [-0.39, 0.29) is 0 Å². The Kier molecular flexibility index (Phi) is 3.53. The Morgan fingerprint density at radius 1 is 1.42 bits per heavy atom. The number of hydrogen-bond acceptors (Lipinski definition) is 1. The van der Waals surface area contributed by atoms with Crippen LogP contribution in [0.3, 0.4) is 0 Å². The summed E-state index contributed by atoms with van der Waals surface area (Å²) in [5.41, 5.74) is 3.67. The van der Waals surface area contributed by atoms with Gasteiger partial charge in [0.25, 0.3) is 0 Å². The average Bonchev–Trinajstić information content (AvgIpc) is 3.17. The van der Waals surface area contributed by atoms with Gasteiger partial charge in [-0.05, 0) is 43.2 Å². The lowest BCUT2D eigenvalue weighted by molar-refractivity contribution is 0.429. The van der Waals surface area contributed by atoms with Crippen LogP contribution < -0.4 is 0 Å². The van der Waals surface area contributed by atoms with Gasteiger partial charge in [0.2, 0.25) is 0 Å². The number of nitrogens with zero attached hydrogens (tertiary/aromatic N) is 2. The van der Waals surface area contributed by atoms with Gasteiger partial charge in [-0.1, -0.05) is 19.1 Å². The van der Waals surface area contributed by atoms with Gasteiger partial charge in [-0.2, -0.15) is 0 Å². The molecule has 0 spiro atoms. The van der Waals surface area contributed by atoms with E-state index < -0.39 is 0 Å². The van der Waals surface area contributed by atoms with Crippen LogP contribution in [0.25, 0.3) is 11.0 Å². The predicted octanol–water partition coefficient (Wildman–Crippen LogP) is 4.17. The molecule has 1 saturated carbocycles. The quantitative estimate of drug-likeness (QED) is 0.750. The highest BCUT2D eigenvalue weighted by molar-refractivity contribution is 6.17. The molecule has 2 nitrogen and oxygen atoms in total. The van der Waals surface area contributed by atoms with E-state index in [1.807, 2.05) is 0 Å². The number of fused-ring (bicyclic) bond motifs is 1.